The molecule has 0 spiro atoms. The van der Waals surface area contributed by atoms with Gasteiger partial charge >= 0.3 is 0 Å². The fourth-order valence-corrected chi connectivity index (χ4v) is 6.40. The van der Waals surface area contributed by atoms with E-state index >= 15 is 0 Å². The van der Waals surface area contributed by atoms with Crippen LogP contribution in [0.3, 0.4) is 0 Å². The molecular weight excluding hydrogens is 528 g/mol. The molecule has 5 rings (SSSR count). The summed E-state index contributed by atoms with van der Waals surface area (Å²) in [5, 5.41) is 0. The van der Waals surface area contributed by atoms with Crippen LogP contribution in [0.2, 0.25) is 0 Å². The average Bonchev–Trinajstić information content (AvgIpc) is 3.45. The van der Waals surface area contributed by atoms with Crippen LogP contribution in [-0.2, 0) is 4.79 Å². The van der Waals surface area contributed by atoms with Crippen LogP contribution in [0.15, 0.2) is 99.6 Å². The minimum absolute atomic E-state index is 0.0449. The fraction of sp³-hybridized carbons (Fsp3) is 0.421. The van der Waals surface area contributed by atoms with E-state index in [1.165, 1.54) is 56.5 Å². The van der Waals surface area contributed by atoms with Crippen molar-refractivity contribution >= 4 is 22.8 Å². The zero-order valence-corrected chi connectivity index (χ0v) is 26.6. The zero-order valence-electron chi connectivity index (χ0n) is 26.6. The summed E-state index contributed by atoms with van der Waals surface area (Å²) in [6, 6.07) is 4.67. The summed E-state index contributed by atoms with van der Waals surface area (Å²) >= 11 is 0. The molecule has 0 N–H and O–H groups in total. The van der Waals surface area contributed by atoms with Crippen LogP contribution in [0.5, 0.6) is 0 Å². The highest BCUT2D eigenvalue weighted by Gasteiger charge is 2.27. The highest BCUT2D eigenvalue weighted by atomic mass is 16.1. The summed E-state index contributed by atoms with van der Waals surface area (Å²) in [6.07, 6.45) is 22.8. The first-order valence-corrected chi connectivity index (χ1v) is 15.9. The highest BCUT2D eigenvalue weighted by molar-refractivity contribution is 6.17. The number of hydrogen-bond donors (Lipinski definition) is 0. The van der Waals surface area contributed by atoms with Crippen LogP contribution >= 0.6 is 0 Å². The normalized spacial score (nSPS) is 21.5. The Bertz CT molecular complexity index is 1530. The smallest absolute Gasteiger partial charge is 0.162 e. The molecule has 0 atom stereocenters. The number of fused-ring (bicyclic) bond motifs is 1. The van der Waals surface area contributed by atoms with Crippen molar-refractivity contribution in [2.75, 3.05) is 26.2 Å². The first-order valence-electron chi connectivity index (χ1n) is 15.9. The lowest BCUT2D eigenvalue weighted by molar-refractivity contribution is -0.113. The molecule has 0 radical (unpaired) electrons. The molecule has 0 unspecified atom stereocenters. The molecule has 0 aromatic carbocycles. The van der Waals surface area contributed by atoms with Crippen LogP contribution in [0, 0.1) is 0 Å². The Morgan fingerprint density at radius 3 is 2.60 bits per heavy atom. The Kier molecular flexibility index (Phi) is 10.1. The number of aliphatic imine (C=N–C) groups is 1. The number of pyridine rings is 1. The lowest BCUT2D eigenvalue weighted by Crippen LogP contribution is -2.44. The van der Waals surface area contributed by atoms with Gasteiger partial charge in [-0.15, -0.1) is 5.73 Å². The van der Waals surface area contributed by atoms with E-state index in [9.17, 15) is 4.79 Å². The Labute approximate surface area is 258 Å². The van der Waals surface area contributed by atoms with Crippen molar-refractivity contribution in [3.63, 3.8) is 0 Å². The first kappa shape index (κ1) is 30.7. The van der Waals surface area contributed by atoms with Gasteiger partial charge in [-0.3, -0.25) is 14.7 Å². The van der Waals surface area contributed by atoms with E-state index in [1.807, 2.05) is 19.1 Å². The predicted octanol–water partition coefficient (Wildman–Crippen LogP) is 8.03. The SMILES string of the molecule is C/C=C1/CCCN(C2CCN(C3=CC=C4CC(=O)C=C(c5cc(C(C)=C=C(C)/C(C)=C\C)ccn5)N=C4C=C3)CC2)CC1. The number of hydrogen-bond acceptors (Lipinski definition) is 5. The second-order valence-corrected chi connectivity index (χ2v) is 12.1. The topological polar surface area (TPSA) is 48.8 Å². The third kappa shape index (κ3) is 7.60. The molecule has 1 aliphatic carbocycles. The van der Waals surface area contributed by atoms with Gasteiger partial charge < -0.3 is 4.90 Å². The lowest BCUT2D eigenvalue weighted by Gasteiger charge is -2.39. The highest BCUT2D eigenvalue weighted by Crippen LogP contribution is 2.28. The summed E-state index contributed by atoms with van der Waals surface area (Å²) in [5.74, 6) is 0.0449. The van der Waals surface area contributed by atoms with Crippen LogP contribution in [0.25, 0.3) is 11.3 Å². The Balaban J connectivity index is 1.31. The van der Waals surface area contributed by atoms with Crippen molar-refractivity contribution in [3.05, 3.63) is 106 Å². The van der Waals surface area contributed by atoms with Crippen molar-refractivity contribution in [2.24, 2.45) is 4.99 Å². The number of nitrogens with zero attached hydrogens (tertiary/aromatic N) is 4. The molecule has 0 saturated carbocycles. The van der Waals surface area contributed by atoms with Crippen LogP contribution in [0.1, 0.15) is 84.4 Å². The van der Waals surface area contributed by atoms with Gasteiger partial charge in [-0.2, -0.15) is 0 Å². The molecule has 0 bridgehead atoms. The van der Waals surface area contributed by atoms with E-state index in [1.54, 1.807) is 17.8 Å². The monoisotopic (exact) mass is 574 g/mol. The van der Waals surface area contributed by atoms with Crippen molar-refractivity contribution in [1.82, 2.24) is 14.8 Å². The molecule has 43 heavy (non-hydrogen) atoms. The van der Waals surface area contributed by atoms with Crippen LogP contribution < -0.4 is 0 Å². The molecular formula is C38H46N4O. The molecule has 1 aromatic rings. The van der Waals surface area contributed by atoms with E-state index in [-0.39, 0.29) is 5.78 Å². The van der Waals surface area contributed by atoms with E-state index in [2.05, 4.69) is 84.7 Å². The van der Waals surface area contributed by atoms with Gasteiger partial charge in [0.1, 0.15) is 0 Å². The van der Waals surface area contributed by atoms with Crippen molar-refractivity contribution < 1.29 is 4.79 Å². The van der Waals surface area contributed by atoms with E-state index < -0.39 is 0 Å². The fourth-order valence-electron chi connectivity index (χ4n) is 6.40. The van der Waals surface area contributed by atoms with Crippen molar-refractivity contribution in [2.45, 2.75) is 79.2 Å². The first-order chi connectivity index (χ1) is 20.8. The van der Waals surface area contributed by atoms with E-state index in [4.69, 9.17) is 4.99 Å². The molecule has 224 valence electrons. The molecule has 4 aliphatic rings. The zero-order chi connectivity index (χ0) is 30.3. The standard InChI is InChI=1S/C38H46N4O/c1-6-27(3)28(4)23-29(5)31-14-18-39-37(25-31)38-26-35(43)24-32-10-11-33(12-13-36(32)40-38)42-21-16-34(17-22-42)41-19-8-9-30(7-2)15-20-41/h6-7,10-14,18,25-26,34H,8-9,15-17,19-22,24H2,1-5H3/b27-6-,30-7-. The quantitative estimate of drug-likeness (QED) is 0.203. The number of likely N-dealkylation sites (tertiary alicyclic amines) is 2. The number of carbonyl (C=O) groups excluding carboxylic acids is 1. The van der Waals surface area contributed by atoms with Gasteiger partial charge in [-0.05, 0) is 131 Å². The number of carbonyl (C=O) groups is 1. The molecule has 1 aromatic heterocycles. The molecule has 3 aliphatic heterocycles. The average molecular weight is 575 g/mol. The van der Waals surface area contributed by atoms with Crippen molar-refractivity contribution in [1.29, 1.82) is 0 Å². The van der Waals surface area contributed by atoms with Gasteiger partial charge in [-0.1, -0.05) is 23.8 Å². The summed E-state index contributed by atoms with van der Waals surface area (Å²) in [5.41, 5.74) is 13.8. The minimum Gasteiger partial charge on any atom is -0.371 e. The summed E-state index contributed by atoms with van der Waals surface area (Å²) < 4.78 is 0. The maximum Gasteiger partial charge on any atom is 0.162 e. The van der Waals surface area contributed by atoms with Crippen LogP contribution in [0.4, 0.5) is 0 Å². The molecule has 0 amide bonds. The number of ketones is 1. The maximum absolute atomic E-state index is 13.0. The maximum atomic E-state index is 13.0. The molecule has 4 heterocycles. The number of allylic oxidation sites excluding steroid dienone is 10. The second-order valence-electron chi connectivity index (χ2n) is 12.1. The number of aromatic nitrogens is 1. The number of piperidine rings is 1. The largest absolute Gasteiger partial charge is 0.371 e. The van der Waals surface area contributed by atoms with Gasteiger partial charge in [0.25, 0.3) is 0 Å². The van der Waals surface area contributed by atoms with E-state index in [0.717, 1.165) is 41.1 Å². The van der Waals surface area contributed by atoms with Gasteiger partial charge in [0.2, 0.25) is 0 Å². The third-order valence-corrected chi connectivity index (χ3v) is 9.37. The van der Waals surface area contributed by atoms with Gasteiger partial charge in [0.05, 0.1) is 17.1 Å². The van der Waals surface area contributed by atoms with E-state index in [0.29, 0.717) is 23.9 Å². The Hall–Kier alpha value is -3.79. The third-order valence-electron chi connectivity index (χ3n) is 9.37. The van der Waals surface area contributed by atoms with Crippen molar-refractivity contribution in [3.8, 4) is 0 Å². The number of rotatable bonds is 5. The lowest BCUT2D eigenvalue weighted by atomic mass is 10.0. The molecule has 5 heteroatoms. The minimum atomic E-state index is 0.0449. The summed E-state index contributed by atoms with van der Waals surface area (Å²) in [7, 11) is 0. The summed E-state index contributed by atoms with van der Waals surface area (Å²) in [4.78, 5) is 27.9. The molecule has 2 saturated heterocycles. The predicted molar refractivity (Wildman–Crippen MR) is 180 cm³/mol. The van der Waals surface area contributed by atoms with Gasteiger partial charge in [-0.25, -0.2) is 4.99 Å². The second kappa shape index (κ2) is 14.1. The van der Waals surface area contributed by atoms with Gasteiger partial charge in [0, 0.05) is 50.1 Å². The Morgan fingerprint density at radius 1 is 1.02 bits per heavy atom. The van der Waals surface area contributed by atoms with Gasteiger partial charge in [0.15, 0.2) is 5.78 Å². The Morgan fingerprint density at radius 2 is 1.84 bits per heavy atom. The summed E-state index contributed by atoms with van der Waals surface area (Å²) in [6.45, 7) is 15.0. The molecule has 5 nitrogen and oxygen atoms in total. The molecule has 2 fully saturated rings. The van der Waals surface area contributed by atoms with Crippen LogP contribution in [-0.4, -0.2) is 58.5 Å².